The molecule has 2 N–H and O–H groups in total. The Morgan fingerprint density at radius 1 is 1.21 bits per heavy atom. The zero-order valence-electron chi connectivity index (χ0n) is 16.7. The molecule has 0 spiro atoms. The Morgan fingerprint density at radius 3 is 2.89 bits per heavy atom. The monoisotopic (exact) mass is 382 g/mol. The number of hydrogen-bond donors (Lipinski definition) is 2. The molecule has 4 rings (SSSR count). The van der Waals surface area contributed by atoms with E-state index in [0.29, 0.717) is 17.9 Å². The fourth-order valence-corrected chi connectivity index (χ4v) is 4.43. The van der Waals surface area contributed by atoms with Crippen LogP contribution in [0.2, 0.25) is 0 Å². The van der Waals surface area contributed by atoms with E-state index in [2.05, 4.69) is 31.3 Å². The summed E-state index contributed by atoms with van der Waals surface area (Å²) in [6.07, 6.45) is 9.65. The molecule has 28 heavy (non-hydrogen) atoms. The van der Waals surface area contributed by atoms with Crippen LogP contribution in [0, 0.1) is 0 Å². The summed E-state index contributed by atoms with van der Waals surface area (Å²) in [5.41, 5.74) is 2.84. The zero-order valence-corrected chi connectivity index (χ0v) is 16.7. The number of anilines is 1. The van der Waals surface area contributed by atoms with Crippen LogP contribution >= 0.6 is 0 Å². The van der Waals surface area contributed by atoms with E-state index in [1.54, 1.807) is 25.4 Å². The molecule has 150 valence electrons. The summed E-state index contributed by atoms with van der Waals surface area (Å²) in [6, 6.07) is 6.49. The summed E-state index contributed by atoms with van der Waals surface area (Å²) < 4.78 is 2.16. The van der Waals surface area contributed by atoms with Crippen molar-refractivity contribution in [1.29, 1.82) is 0 Å². The van der Waals surface area contributed by atoms with Crippen LogP contribution in [0.4, 0.5) is 5.82 Å². The van der Waals surface area contributed by atoms with Crippen LogP contribution in [0.5, 0.6) is 0 Å². The lowest BCUT2D eigenvalue weighted by Gasteiger charge is -2.33. The predicted octanol–water partition coefficient (Wildman–Crippen LogP) is 2.79. The fourth-order valence-electron chi connectivity index (χ4n) is 4.43. The first-order chi connectivity index (χ1) is 13.7. The molecule has 1 aliphatic carbocycles. The van der Waals surface area contributed by atoms with E-state index in [-0.39, 0.29) is 5.91 Å². The maximum Gasteiger partial charge on any atom is 0.254 e. The molecule has 1 aliphatic heterocycles. The van der Waals surface area contributed by atoms with E-state index in [0.717, 1.165) is 31.2 Å². The van der Waals surface area contributed by atoms with Gasteiger partial charge in [-0.05, 0) is 37.5 Å². The van der Waals surface area contributed by atoms with Crippen molar-refractivity contribution in [3.8, 4) is 0 Å². The largest absolute Gasteiger partial charge is 0.364 e. The number of carbonyl (C=O) groups excluding carboxylic acids is 1. The summed E-state index contributed by atoms with van der Waals surface area (Å²) in [5.74, 6) is 0.452. The number of hydrogen-bond acceptors (Lipinski definition) is 5. The quantitative estimate of drug-likeness (QED) is 0.832. The Balaban J connectivity index is 1.44. The maximum atomic E-state index is 12.0. The van der Waals surface area contributed by atoms with Crippen molar-refractivity contribution in [3.05, 3.63) is 41.3 Å². The number of nitrogens with one attached hydrogen (secondary N) is 2. The van der Waals surface area contributed by atoms with Gasteiger partial charge in [0.1, 0.15) is 5.82 Å². The van der Waals surface area contributed by atoms with Gasteiger partial charge < -0.3 is 10.6 Å². The van der Waals surface area contributed by atoms with Gasteiger partial charge in [0.2, 0.25) is 0 Å². The molecule has 7 nitrogen and oxygen atoms in total. The van der Waals surface area contributed by atoms with Crippen LogP contribution in [0.1, 0.15) is 60.3 Å². The highest BCUT2D eigenvalue weighted by atomic mass is 16.1. The second-order valence-electron chi connectivity index (χ2n) is 7.80. The van der Waals surface area contributed by atoms with E-state index in [1.165, 1.54) is 44.3 Å². The van der Waals surface area contributed by atoms with Crippen molar-refractivity contribution in [3.63, 3.8) is 0 Å². The maximum absolute atomic E-state index is 12.0. The molecule has 2 aromatic rings. The van der Waals surface area contributed by atoms with Crippen LogP contribution in [0.3, 0.4) is 0 Å². The lowest BCUT2D eigenvalue weighted by Crippen LogP contribution is -2.36. The van der Waals surface area contributed by atoms with Crippen molar-refractivity contribution in [2.24, 2.45) is 0 Å². The van der Waals surface area contributed by atoms with Gasteiger partial charge in [-0.15, -0.1) is 0 Å². The molecule has 0 aromatic carbocycles. The minimum atomic E-state index is -0.139. The molecule has 1 fully saturated rings. The second kappa shape index (κ2) is 8.73. The van der Waals surface area contributed by atoms with Crippen LogP contribution in [0.25, 0.3) is 0 Å². The third-order valence-corrected chi connectivity index (χ3v) is 5.90. The lowest BCUT2D eigenvalue weighted by molar-refractivity contribution is 0.0963. The van der Waals surface area contributed by atoms with Gasteiger partial charge >= 0.3 is 0 Å². The number of carbonyl (C=O) groups is 1. The molecular weight excluding hydrogens is 352 g/mol. The summed E-state index contributed by atoms with van der Waals surface area (Å²) in [5, 5.41) is 10.7. The minimum absolute atomic E-state index is 0.139. The predicted molar refractivity (Wildman–Crippen MR) is 109 cm³/mol. The molecule has 0 atom stereocenters. The van der Waals surface area contributed by atoms with E-state index in [9.17, 15) is 4.79 Å². The smallest absolute Gasteiger partial charge is 0.254 e. The molecule has 2 aliphatic rings. The normalized spacial score (nSPS) is 18.3. The van der Waals surface area contributed by atoms with Crippen molar-refractivity contribution in [1.82, 2.24) is 25.0 Å². The Bertz CT molecular complexity index is 811. The Morgan fingerprint density at radius 2 is 2.07 bits per heavy atom. The van der Waals surface area contributed by atoms with Crippen LogP contribution in [-0.4, -0.2) is 45.2 Å². The highest BCUT2D eigenvalue weighted by Gasteiger charge is 2.24. The molecule has 7 heteroatoms. The van der Waals surface area contributed by atoms with Crippen molar-refractivity contribution in [2.45, 2.75) is 64.2 Å². The van der Waals surface area contributed by atoms with Gasteiger partial charge in [0.05, 0.1) is 23.5 Å². The highest BCUT2D eigenvalue weighted by Crippen LogP contribution is 2.26. The van der Waals surface area contributed by atoms with Crippen molar-refractivity contribution >= 4 is 11.7 Å². The lowest BCUT2D eigenvalue weighted by atomic mass is 9.94. The van der Waals surface area contributed by atoms with Crippen LogP contribution in [-0.2, 0) is 19.6 Å². The standard InChI is InChI=1S/C21H30N6O/c1-22-21(28)19-9-5-10-23-20(19)24-14-16-13-18-15-26(11-6-12-27(18)25-16)17-7-3-2-4-8-17/h5,9-10,13,17H,2-4,6-8,11-12,14-15H2,1H3,(H,22,28)(H,23,24). The topological polar surface area (TPSA) is 75.1 Å². The molecule has 2 aromatic heterocycles. The van der Waals surface area contributed by atoms with Gasteiger partial charge in [0.25, 0.3) is 5.91 Å². The second-order valence-corrected chi connectivity index (χ2v) is 7.80. The number of fused-ring (bicyclic) bond motifs is 1. The molecule has 3 heterocycles. The van der Waals surface area contributed by atoms with Gasteiger partial charge in [0.15, 0.2) is 0 Å². The minimum Gasteiger partial charge on any atom is -0.364 e. The summed E-state index contributed by atoms with van der Waals surface area (Å²) in [6.45, 7) is 3.70. The molecular formula is C21H30N6O. The number of rotatable bonds is 5. The Kier molecular flexibility index (Phi) is 5.90. The first kappa shape index (κ1) is 18.9. The number of aromatic nitrogens is 3. The molecule has 0 saturated heterocycles. The average Bonchev–Trinajstić information content (AvgIpc) is 3.02. The third-order valence-electron chi connectivity index (χ3n) is 5.90. The van der Waals surface area contributed by atoms with Crippen molar-refractivity contribution < 1.29 is 4.79 Å². The van der Waals surface area contributed by atoms with E-state index >= 15 is 0 Å². The number of pyridine rings is 1. The highest BCUT2D eigenvalue weighted by molar-refractivity contribution is 5.98. The number of aryl methyl sites for hydroxylation is 1. The first-order valence-corrected chi connectivity index (χ1v) is 10.4. The molecule has 1 amide bonds. The SMILES string of the molecule is CNC(=O)c1cccnc1NCc1cc2n(n1)CCCN(C1CCCCC1)C2. The fraction of sp³-hybridized carbons (Fsp3) is 0.571. The van der Waals surface area contributed by atoms with E-state index in [4.69, 9.17) is 5.10 Å². The van der Waals surface area contributed by atoms with E-state index < -0.39 is 0 Å². The molecule has 0 radical (unpaired) electrons. The summed E-state index contributed by atoms with van der Waals surface area (Å²) in [4.78, 5) is 19.0. The van der Waals surface area contributed by atoms with Gasteiger partial charge in [-0.2, -0.15) is 5.10 Å². The first-order valence-electron chi connectivity index (χ1n) is 10.4. The molecule has 1 saturated carbocycles. The third kappa shape index (κ3) is 4.19. The summed E-state index contributed by atoms with van der Waals surface area (Å²) >= 11 is 0. The molecule has 0 bridgehead atoms. The van der Waals surface area contributed by atoms with Gasteiger partial charge in [0, 0.05) is 38.9 Å². The van der Waals surface area contributed by atoms with E-state index in [1.807, 2.05) is 0 Å². The number of nitrogens with zero attached hydrogens (tertiary/aromatic N) is 4. The van der Waals surface area contributed by atoms with Crippen LogP contribution < -0.4 is 10.6 Å². The zero-order chi connectivity index (χ0) is 19.3. The number of amides is 1. The van der Waals surface area contributed by atoms with Crippen LogP contribution in [0.15, 0.2) is 24.4 Å². The van der Waals surface area contributed by atoms with Crippen molar-refractivity contribution in [2.75, 3.05) is 18.9 Å². The van der Waals surface area contributed by atoms with Gasteiger partial charge in [-0.25, -0.2) is 4.98 Å². The summed E-state index contributed by atoms with van der Waals surface area (Å²) in [7, 11) is 1.63. The molecule has 0 unspecified atom stereocenters. The van der Waals surface area contributed by atoms with Gasteiger partial charge in [-0.3, -0.25) is 14.4 Å². The average molecular weight is 383 g/mol. The Hall–Kier alpha value is -2.41. The van der Waals surface area contributed by atoms with Gasteiger partial charge in [-0.1, -0.05) is 19.3 Å². The Labute approximate surface area is 166 Å².